The number of benzene rings is 4. The number of ketones is 1. The van der Waals surface area contributed by atoms with E-state index in [0.717, 1.165) is 44.7 Å². The minimum absolute atomic E-state index is 0.0521. The molecule has 4 unspecified atom stereocenters. The summed E-state index contributed by atoms with van der Waals surface area (Å²) in [6.07, 6.45) is -4.42. The number of carbonyl (C=O) groups is 2. The number of fused-ring (bicyclic) bond motifs is 8. The van der Waals surface area contributed by atoms with Gasteiger partial charge in [0.05, 0.1) is 79.7 Å². The van der Waals surface area contributed by atoms with Crippen LogP contribution in [-0.2, 0) is 56.3 Å². The molecule has 4 aromatic carbocycles. The second-order valence-corrected chi connectivity index (χ2v) is 37.9. The van der Waals surface area contributed by atoms with Gasteiger partial charge in [0, 0.05) is 38.2 Å². The first kappa shape index (κ1) is 65.6. The molecule has 0 spiro atoms. The van der Waals surface area contributed by atoms with Gasteiger partial charge in [0.25, 0.3) is 16.6 Å². The summed E-state index contributed by atoms with van der Waals surface area (Å²) >= 11 is 0. The lowest BCUT2D eigenvalue weighted by molar-refractivity contribution is -0.274. The second-order valence-electron chi connectivity index (χ2n) is 29.4. The van der Waals surface area contributed by atoms with Crippen LogP contribution in [-0.4, -0.2) is 155 Å². The van der Waals surface area contributed by atoms with Crippen molar-refractivity contribution in [2.45, 2.75) is 259 Å². The molecule has 8 aliphatic heterocycles. The second kappa shape index (κ2) is 27.1. The molecule has 0 amide bonds. The van der Waals surface area contributed by atoms with E-state index >= 15 is 9.59 Å². The highest BCUT2D eigenvalue weighted by Crippen LogP contribution is 2.50. The third kappa shape index (κ3) is 12.9. The van der Waals surface area contributed by atoms with E-state index in [1.165, 1.54) is 0 Å². The van der Waals surface area contributed by atoms with Gasteiger partial charge in [-0.15, -0.1) is 0 Å². The normalized spacial score (nSPS) is 36.5. The quantitative estimate of drug-likeness (QED) is 0.0876. The van der Waals surface area contributed by atoms with Crippen molar-refractivity contribution in [1.82, 2.24) is 0 Å². The van der Waals surface area contributed by atoms with E-state index in [4.69, 9.17) is 46.7 Å². The van der Waals surface area contributed by atoms with Crippen LogP contribution in [0.25, 0.3) is 0 Å². The topological polar surface area (TPSA) is 167 Å². The number of carbonyl (C=O) groups excluding carboxylic acids is 2. The van der Waals surface area contributed by atoms with E-state index < -0.39 is 118 Å². The van der Waals surface area contributed by atoms with Gasteiger partial charge in [0.2, 0.25) is 0 Å². The van der Waals surface area contributed by atoms with Crippen molar-refractivity contribution in [1.29, 1.82) is 0 Å². The Kier molecular flexibility index (Phi) is 19.7. The Bertz CT molecular complexity index is 3020. The fourth-order valence-electron chi connectivity index (χ4n) is 16.8. The largest absolute Gasteiger partial charge is 0.459 e. The van der Waals surface area contributed by atoms with Gasteiger partial charge >= 0.3 is 5.97 Å². The average molecular weight is 1270 g/mol. The number of esters is 1. The summed E-state index contributed by atoms with van der Waals surface area (Å²) in [6, 6.07) is 42.4. The summed E-state index contributed by atoms with van der Waals surface area (Å²) in [4.78, 5) is 30.2. The number of aliphatic hydroxyl groups is 2. The predicted molar refractivity (Wildman–Crippen MR) is 350 cm³/mol. The van der Waals surface area contributed by atoms with Crippen molar-refractivity contribution in [3.8, 4) is 0 Å². The van der Waals surface area contributed by atoms with Crippen molar-refractivity contribution >= 4 is 49.1 Å². The molecule has 20 atom stereocenters. The van der Waals surface area contributed by atoms with Crippen LogP contribution in [0.4, 0.5) is 0 Å². The summed E-state index contributed by atoms with van der Waals surface area (Å²) in [7, 11) is -6.78. The Morgan fingerprint density at radius 1 is 0.511 bits per heavy atom. The molecule has 16 heteroatoms. The third-order valence-corrected chi connectivity index (χ3v) is 31.5. The van der Waals surface area contributed by atoms with E-state index in [0.29, 0.717) is 44.9 Å². The van der Waals surface area contributed by atoms with E-state index in [2.05, 4.69) is 159 Å². The summed E-state index contributed by atoms with van der Waals surface area (Å²) in [5.41, 5.74) is 1.99. The molecule has 8 fully saturated rings. The van der Waals surface area contributed by atoms with Crippen LogP contribution in [0.5, 0.6) is 0 Å². The Hall–Kier alpha value is -4.51. The molecule has 0 saturated carbocycles. The number of hydrogen-bond donors (Lipinski definition) is 2. The lowest BCUT2D eigenvalue weighted by Crippen LogP contribution is -2.73. The molecule has 12 rings (SSSR count). The first-order valence-corrected chi connectivity index (χ1v) is 37.5. The maximum atomic E-state index is 15.1. The first-order valence-electron chi connectivity index (χ1n) is 33.7. The van der Waals surface area contributed by atoms with Gasteiger partial charge in [-0.2, -0.15) is 0 Å². The van der Waals surface area contributed by atoms with Gasteiger partial charge in [-0.25, -0.2) is 0 Å². The van der Waals surface area contributed by atoms with E-state index in [1.54, 1.807) is 0 Å². The number of aliphatic hydroxyl groups excluding tert-OH is 2. The van der Waals surface area contributed by atoms with Gasteiger partial charge in [-0.1, -0.05) is 190 Å². The van der Waals surface area contributed by atoms with E-state index in [-0.39, 0.29) is 74.3 Å². The molecule has 0 radical (unpaired) electrons. The number of ether oxygens (including phenoxy) is 8. The molecule has 90 heavy (non-hydrogen) atoms. The zero-order valence-electron chi connectivity index (χ0n) is 54.2. The monoisotopic (exact) mass is 1270 g/mol. The summed E-state index contributed by atoms with van der Waals surface area (Å²) in [6.45, 7) is 26.8. The van der Waals surface area contributed by atoms with Crippen LogP contribution in [0.2, 0.25) is 10.1 Å². The summed E-state index contributed by atoms with van der Waals surface area (Å²) in [5, 5.41) is 24.8. The maximum absolute atomic E-state index is 15.1. The van der Waals surface area contributed by atoms with Crippen molar-refractivity contribution in [3.05, 3.63) is 146 Å². The molecule has 2 N–H and O–H groups in total. The van der Waals surface area contributed by atoms with Gasteiger partial charge in [-0.3, -0.25) is 9.59 Å². The Morgan fingerprint density at radius 2 is 1.03 bits per heavy atom. The van der Waals surface area contributed by atoms with Crippen LogP contribution in [0, 0.1) is 11.8 Å². The minimum atomic E-state index is -3.43. The fourth-order valence-corrected chi connectivity index (χ4v) is 26.2. The van der Waals surface area contributed by atoms with Gasteiger partial charge in [-0.05, 0) is 99.3 Å². The molecule has 8 bridgehead atoms. The summed E-state index contributed by atoms with van der Waals surface area (Å²) in [5.74, 6) is -0.578. The molecule has 8 saturated heterocycles. The van der Waals surface area contributed by atoms with Crippen molar-refractivity contribution < 1.29 is 66.5 Å². The minimum Gasteiger partial charge on any atom is -0.459 e. The molecule has 0 aromatic heterocycles. The standard InChI is InChI=1S/C74H98O14Si2/c1-45-39-51-33-35-58-46(2)40-50(79-58)32-31-49(76)41-62-69(87-89(73(5,6)7,53-23-15-11-16-24-53)54-25-17-12-18-26-54)70-71(85-62)72(88-90(74(8,9)10,55-27-19-13-20-28-55)56-29-21-14-22-30-56)68-60(84-70)36-34-52(81-68)42-65(78)86-67-48(4)66-63(43-57(77)59(83-66)37-38-75)82-64(67)44-61(80-51)47(45)3/h11-30,45,48,50-52,57-64,66-72,75,77H,2-3,31-44H2,1,4-10H3/t45-,48+,50?,51?,52-,57-,58+,59-,60+,61-,62-,63+,64?,66+,67?,68+,69+,70+,71-,72+/m1/s1. The molecular weight excluding hydrogens is 1170 g/mol. The van der Waals surface area contributed by atoms with Gasteiger partial charge in [0.1, 0.15) is 42.4 Å². The Balaban J connectivity index is 0.958. The molecule has 8 aliphatic rings. The van der Waals surface area contributed by atoms with Crippen LogP contribution in [0.15, 0.2) is 146 Å². The van der Waals surface area contributed by atoms with Crippen molar-refractivity contribution in [2.75, 3.05) is 6.61 Å². The smallest absolute Gasteiger partial charge is 0.308 e. The van der Waals surface area contributed by atoms with Crippen LogP contribution < -0.4 is 20.7 Å². The highest BCUT2D eigenvalue weighted by Gasteiger charge is 2.65. The highest BCUT2D eigenvalue weighted by atomic mass is 28.4. The SMILES string of the molecule is C=C1CC2CCC(=O)C[C@H]3O[C@H]4[C@@H](O[Si](c5ccccc5)(c5ccccc5)C(C)(C)C)[C@H]5O[C@H](CC[C@@H]5O[C@H]4[C@H]3O[Si](c3ccccc3)(c3ccccc3)C(C)(C)C)CC(=O)OC3C(C[C@H]4OC(CC[C@@H]1O2)C[C@@H](C)C4=C)O[C@H]1C[C@@H](O)[C@@H](CCO)O[C@H]1[C@@H]3C. The predicted octanol–water partition coefficient (Wildman–Crippen LogP) is 9.55. The van der Waals surface area contributed by atoms with Crippen molar-refractivity contribution in [3.63, 3.8) is 0 Å². The molecular formula is C74H98O14Si2. The lowest BCUT2D eigenvalue weighted by Gasteiger charge is -2.53. The summed E-state index contributed by atoms with van der Waals surface area (Å²) < 4.78 is 73.5. The van der Waals surface area contributed by atoms with Gasteiger partial charge < -0.3 is 57.0 Å². The average Bonchev–Trinajstić information content (AvgIpc) is 1.30. The van der Waals surface area contributed by atoms with E-state index in [1.807, 2.05) is 31.2 Å². The molecule has 0 aliphatic carbocycles. The van der Waals surface area contributed by atoms with Gasteiger partial charge in [0.15, 0.2) is 0 Å². The third-order valence-electron chi connectivity index (χ3n) is 21.4. The zero-order valence-corrected chi connectivity index (χ0v) is 56.2. The molecule has 14 nitrogen and oxygen atoms in total. The molecule has 4 aromatic rings. The maximum Gasteiger partial charge on any atom is 0.308 e. The van der Waals surface area contributed by atoms with Crippen molar-refractivity contribution in [2.24, 2.45) is 11.8 Å². The van der Waals surface area contributed by atoms with Crippen LogP contribution >= 0.6 is 0 Å². The Labute approximate surface area is 535 Å². The molecule has 8 heterocycles. The zero-order chi connectivity index (χ0) is 63.3. The number of rotatable bonds is 10. The lowest BCUT2D eigenvalue weighted by atomic mass is 9.79. The first-order chi connectivity index (χ1) is 43.1. The van der Waals surface area contributed by atoms with E-state index in [9.17, 15) is 10.2 Å². The van der Waals surface area contributed by atoms with Crippen LogP contribution in [0.1, 0.15) is 139 Å². The fraction of sp³-hybridized carbons (Fsp3) is 0.595. The molecule has 486 valence electrons. The number of Topliss-reactive ketones (excluding diaryl/α,β-unsaturated/α-hetero) is 1. The Morgan fingerprint density at radius 3 is 1.61 bits per heavy atom. The number of hydrogen-bond acceptors (Lipinski definition) is 14. The highest BCUT2D eigenvalue weighted by molar-refractivity contribution is 7.00. The van der Waals surface area contributed by atoms with Crippen LogP contribution in [0.3, 0.4) is 0 Å².